The van der Waals surface area contributed by atoms with Crippen molar-refractivity contribution in [2.75, 3.05) is 11.1 Å². The molecule has 0 saturated carbocycles. The molecule has 0 heterocycles. The van der Waals surface area contributed by atoms with E-state index in [1.54, 1.807) is 13.0 Å². The van der Waals surface area contributed by atoms with Gasteiger partial charge in [0.1, 0.15) is 5.82 Å². The Morgan fingerprint density at radius 3 is 2.53 bits per heavy atom. The minimum absolute atomic E-state index is 0.205. The zero-order valence-corrected chi connectivity index (χ0v) is 10.3. The Kier molecular flexibility index (Phi) is 3.64. The van der Waals surface area contributed by atoms with Crippen LogP contribution in [-0.4, -0.2) is 0 Å². The molecule has 0 saturated heterocycles. The van der Waals surface area contributed by atoms with Crippen molar-refractivity contribution in [3.05, 3.63) is 53.3 Å². The topological polar surface area (TPSA) is 38.0 Å². The second kappa shape index (κ2) is 5.22. The lowest BCUT2D eigenvalue weighted by Crippen LogP contribution is -2.00. The number of hydrogen-bond donors (Lipinski definition) is 2. The first kappa shape index (κ1) is 13.3. The molecule has 2 aromatic rings. The maximum absolute atomic E-state index is 13.4. The highest BCUT2D eigenvalue weighted by atomic mass is 19.3. The van der Waals surface area contributed by atoms with Crippen molar-refractivity contribution in [3.8, 4) is 0 Å². The van der Waals surface area contributed by atoms with Crippen molar-refractivity contribution in [1.29, 1.82) is 0 Å². The Morgan fingerprint density at radius 1 is 1.11 bits per heavy atom. The van der Waals surface area contributed by atoms with E-state index in [2.05, 4.69) is 5.32 Å². The fourth-order valence-electron chi connectivity index (χ4n) is 1.76. The van der Waals surface area contributed by atoms with E-state index in [-0.39, 0.29) is 22.8 Å². The van der Waals surface area contributed by atoms with Gasteiger partial charge in [0.25, 0.3) is 6.43 Å². The fourth-order valence-corrected chi connectivity index (χ4v) is 1.76. The zero-order chi connectivity index (χ0) is 14.0. The molecule has 0 bridgehead atoms. The van der Waals surface area contributed by atoms with Crippen molar-refractivity contribution < 1.29 is 13.2 Å². The quantitative estimate of drug-likeness (QED) is 0.808. The van der Waals surface area contributed by atoms with E-state index in [0.29, 0.717) is 11.3 Å². The van der Waals surface area contributed by atoms with E-state index in [1.165, 1.54) is 30.3 Å². The summed E-state index contributed by atoms with van der Waals surface area (Å²) in [6, 6.07) is 8.65. The summed E-state index contributed by atoms with van der Waals surface area (Å²) >= 11 is 0. The van der Waals surface area contributed by atoms with E-state index in [1.807, 2.05) is 0 Å². The average molecular weight is 266 g/mol. The Balaban J connectivity index is 2.41. The normalized spacial score (nSPS) is 10.8. The summed E-state index contributed by atoms with van der Waals surface area (Å²) in [5.41, 5.74) is 6.59. The van der Waals surface area contributed by atoms with Crippen LogP contribution in [0.3, 0.4) is 0 Å². The molecule has 0 atom stereocenters. The molecule has 0 aliphatic rings. The van der Waals surface area contributed by atoms with Crippen LogP contribution in [0.2, 0.25) is 0 Å². The van der Waals surface area contributed by atoms with Crippen LogP contribution in [0.1, 0.15) is 17.6 Å². The Morgan fingerprint density at radius 2 is 1.84 bits per heavy atom. The summed E-state index contributed by atoms with van der Waals surface area (Å²) < 4.78 is 39.2. The van der Waals surface area contributed by atoms with E-state index in [9.17, 15) is 13.2 Å². The molecule has 0 aliphatic carbocycles. The maximum Gasteiger partial charge on any atom is 0.265 e. The third-order valence-electron chi connectivity index (χ3n) is 2.85. The van der Waals surface area contributed by atoms with Gasteiger partial charge in [-0.3, -0.25) is 0 Å². The molecule has 0 unspecified atom stereocenters. The molecule has 0 fully saturated rings. The SMILES string of the molecule is Cc1c(F)cccc1Nc1ccc(N)cc1C(F)F. The van der Waals surface area contributed by atoms with Crippen LogP contribution >= 0.6 is 0 Å². The Bertz CT molecular complexity index is 597. The number of nitrogens with two attached hydrogens (primary N) is 1. The summed E-state index contributed by atoms with van der Waals surface area (Å²) in [5.74, 6) is -0.390. The molecule has 0 aliphatic heterocycles. The molecule has 100 valence electrons. The van der Waals surface area contributed by atoms with Gasteiger partial charge in [0.15, 0.2) is 0 Å². The lowest BCUT2D eigenvalue weighted by atomic mass is 10.1. The lowest BCUT2D eigenvalue weighted by Gasteiger charge is -2.14. The number of benzene rings is 2. The molecule has 0 radical (unpaired) electrons. The first-order valence-corrected chi connectivity index (χ1v) is 5.68. The van der Waals surface area contributed by atoms with E-state index >= 15 is 0 Å². The molecular formula is C14H13F3N2. The predicted octanol–water partition coefficient (Wildman–Crippen LogP) is 4.40. The highest BCUT2D eigenvalue weighted by Gasteiger charge is 2.14. The number of rotatable bonds is 3. The van der Waals surface area contributed by atoms with Crippen molar-refractivity contribution in [3.63, 3.8) is 0 Å². The van der Waals surface area contributed by atoms with Gasteiger partial charge in [-0.25, -0.2) is 13.2 Å². The van der Waals surface area contributed by atoms with Gasteiger partial charge >= 0.3 is 0 Å². The summed E-state index contributed by atoms with van der Waals surface area (Å²) in [6.07, 6.45) is -2.65. The van der Waals surface area contributed by atoms with Crippen LogP contribution < -0.4 is 11.1 Å². The fraction of sp³-hybridized carbons (Fsp3) is 0.143. The Labute approximate surface area is 109 Å². The largest absolute Gasteiger partial charge is 0.399 e. The molecule has 2 nitrogen and oxygen atoms in total. The Hall–Kier alpha value is -2.17. The van der Waals surface area contributed by atoms with Gasteiger partial charge < -0.3 is 11.1 Å². The average Bonchev–Trinajstić information content (AvgIpc) is 2.36. The summed E-state index contributed by atoms with van der Waals surface area (Å²) in [6.45, 7) is 1.58. The minimum atomic E-state index is -2.65. The van der Waals surface area contributed by atoms with E-state index < -0.39 is 6.43 Å². The van der Waals surface area contributed by atoms with Crippen molar-refractivity contribution in [2.45, 2.75) is 13.3 Å². The van der Waals surface area contributed by atoms with Crippen molar-refractivity contribution >= 4 is 17.1 Å². The van der Waals surface area contributed by atoms with Crippen LogP contribution in [0, 0.1) is 12.7 Å². The number of alkyl halides is 2. The van der Waals surface area contributed by atoms with Gasteiger partial charge in [-0.05, 0) is 37.3 Å². The molecule has 3 N–H and O–H groups in total. The van der Waals surface area contributed by atoms with Crippen LogP contribution in [-0.2, 0) is 0 Å². The second-order valence-corrected chi connectivity index (χ2v) is 4.18. The van der Waals surface area contributed by atoms with Gasteiger partial charge in [0.2, 0.25) is 0 Å². The summed E-state index contributed by atoms with van der Waals surface area (Å²) in [7, 11) is 0. The van der Waals surface area contributed by atoms with Gasteiger partial charge in [-0.2, -0.15) is 0 Å². The number of nitrogen functional groups attached to an aromatic ring is 1. The van der Waals surface area contributed by atoms with Crippen LogP contribution in [0.4, 0.5) is 30.2 Å². The van der Waals surface area contributed by atoms with Gasteiger partial charge in [0, 0.05) is 28.2 Å². The first-order chi connectivity index (χ1) is 8.99. The number of halogens is 3. The molecule has 0 aromatic heterocycles. The number of hydrogen-bond acceptors (Lipinski definition) is 2. The van der Waals surface area contributed by atoms with Crippen molar-refractivity contribution in [1.82, 2.24) is 0 Å². The number of anilines is 3. The molecule has 0 spiro atoms. The van der Waals surface area contributed by atoms with Crippen LogP contribution in [0.25, 0.3) is 0 Å². The lowest BCUT2D eigenvalue weighted by molar-refractivity contribution is 0.152. The number of nitrogens with one attached hydrogen (secondary N) is 1. The summed E-state index contributed by atoms with van der Waals surface area (Å²) in [4.78, 5) is 0. The standard InChI is InChI=1S/C14H13F3N2/c1-8-11(15)3-2-4-12(8)19-13-6-5-9(18)7-10(13)14(16)17/h2-7,14,19H,18H2,1H3. The highest BCUT2D eigenvalue weighted by Crippen LogP contribution is 2.32. The molecular weight excluding hydrogens is 253 g/mol. The third-order valence-corrected chi connectivity index (χ3v) is 2.85. The van der Waals surface area contributed by atoms with Crippen molar-refractivity contribution in [2.24, 2.45) is 0 Å². The zero-order valence-electron chi connectivity index (χ0n) is 10.3. The van der Waals surface area contributed by atoms with E-state index in [4.69, 9.17) is 5.73 Å². The molecule has 0 amide bonds. The highest BCUT2D eigenvalue weighted by molar-refractivity contribution is 5.68. The van der Waals surface area contributed by atoms with Crippen LogP contribution in [0.15, 0.2) is 36.4 Å². The minimum Gasteiger partial charge on any atom is -0.399 e. The van der Waals surface area contributed by atoms with Gasteiger partial charge in [0.05, 0.1) is 0 Å². The smallest absolute Gasteiger partial charge is 0.265 e. The van der Waals surface area contributed by atoms with Gasteiger partial charge in [-0.1, -0.05) is 6.07 Å². The monoisotopic (exact) mass is 266 g/mol. The van der Waals surface area contributed by atoms with Crippen LogP contribution in [0.5, 0.6) is 0 Å². The molecule has 19 heavy (non-hydrogen) atoms. The predicted molar refractivity (Wildman–Crippen MR) is 70.2 cm³/mol. The summed E-state index contributed by atoms with van der Waals surface area (Å²) in [5, 5.41) is 2.81. The third kappa shape index (κ3) is 2.81. The second-order valence-electron chi connectivity index (χ2n) is 4.18. The molecule has 2 rings (SSSR count). The van der Waals surface area contributed by atoms with Gasteiger partial charge in [-0.15, -0.1) is 0 Å². The molecule has 2 aromatic carbocycles. The van der Waals surface area contributed by atoms with E-state index in [0.717, 1.165) is 0 Å². The first-order valence-electron chi connectivity index (χ1n) is 5.68. The molecule has 5 heteroatoms. The maximum atomic E-state index is 13.4.